The fourth-order valence-corrected chi connectivity index (χ4v) is 1.54. The molecule has 17 heavy (non-hydrogen) atoms. The summed E-state index contributed by atoms with van der Waals surface area (Å²) in [4.78, 5) is 0. The van der Waals surface area contributed by atoms with Crippen LogP contribution in [0.15, 0.2) is 28.8 Å². The van der Waals surface area contributed by atoms with Crippen LogP contribution in [0.2, 0.25) is 0 Å². The molecule has 0 aliphatic carbocycles. The van der Waals surface area contributed by atoms with E-state index in [4.69, 9.17) is 19.7 Å². The molecular formula is C12H14N2O3. The van der Waals surface area contributed by atoms with Crippen LogP contribution in [0.4, 0.5) is 0 Å². The molecule has 90 valence electrons. The molecule has 0 amide bonds. The van der Waals surface area contributed by atoms with Crippen molar-refractivity contribution in [3.05, 3.63) is 30.0 Å². The third kappa shape index (κ3) is 2.24. The van der Waals surface area contributed by atoms with Gasteiger partial charge in [-0.25, -0.2) is 0 Å². The van der Waals surface area contributed by atoms with Crippen LogP contribution in [-0.4, -0.2) is 19.4 Å². The third-order valence-electron chi connectivity index (χ3n) is 2.44. The van der Waals surface area contributed by atoms with E-state index in [1.807, 2.05) is 18.2 Å². The van der Waals surface area contributed by atoms with Crippen molar-refractivity contribution in [2.75, 3.05) is 14.2 Å². The Bertz CT molecular complexity index is 508. The lowest BCUT2D eigenvalue weighted by molar-refractivity contribution is 0.396. The lowest BCUT2D eigenvalue weighted by Gasteiger charge is -2.07. The molecule has 2 rings (SSSR count). The molecule has 0 aliphatic rings. The average Bonchev–Trinajstić information content (AvgIpc) is 2.86. The van der Waals surface area contributed by atoms with Gasteiger partial charge in [0.05, 0.1) is 25.5 Å². The fraction of sp³-hybridized carbons (Fsp3) is 0.250. The molecule has 2 N–H and O–H groups in total. The van der Waals surface area contributed by atoms with Crippen LogP contribution in [-0.2, 0) is 6.54 Å². The summed E-state index contributed by atoms with van der Waals surface area (Å²) >= 11 is 0. The summed E-state index contributed by atoms with van der Waals surface area (Å²) in [6.45, 7) is 0.343. The molecule has 2 aromatic rings. The molecule has 1 aromatic heterocycles. The normalized spacial score (nSPS) is 10.3. The van der Waals surface area contributed by atoms with Crippen LogP contribution in [0.3, 0.4) is 0 Å². The Morgan fingerprint density at radius 3 is 2.65 bits per heavy atom. The van der Waals surface area contributed by atoms with Crippen LogP contribution in [0.1, 0.15) is 5.69 Å². The molecule has 0 bridgehead atoms. The fourth-order valence-electron chi connectivity index (χ4n) is 1.54. The van der Waals surface area contributed by atoms with Crippen molar-refractivity contribution < 1.29 is 14.0 Å². The van der Waals surface area contributed by atoms with E-state index in [0.717, 1.165) is 11.3 Å². The smallest absolute Gasteiger partial charge is 0.171 e. The number of nitrogens with zero attached hydrogens (tertiary/aromatic N) is 1. The van der Waals surface area contributed by atoms with Gasteiger partial charge in [-0.15, -0.1) is 0 Å². The summed E-state index contributed by atoms with van der Waals surface area (Å²) in [5.41, 5.74) is 6.98. The number of ether oxygens (including phenoxy) is 2. The highest BCUT2D eigenvalue weighted by molar-refractivity contribution is 5.67. The van der Waals surface area contributed by atoms with E-state index in [-0.39, 0.29) is 0 Å². The summed E-state index contributed by atoms with van der Waals surface area (Å²) in [5.74, 6) is 2.04. The van der Waals surface area contributed by atoms with E-state index < -0.39 is 0 Å². The molecule has 0 saturated carbocycles. The van der Waals surface area contributed by atoms with Crippen molar-refractivity contribution in [1.82, 2.24) is 5.16 Å². The van der Waals surface area contributed by atoms with Crippen LogP contribution in [0.25, 0.3) is 11.3 Å². The topological polar surface area (TPSA) is 70.5 Å². The molecule has 0 fully saturated rings. The first kappa shape index (κ1) is 11.5. The number of nitrogens with two attached hydrogens (primary N) is 1. The molecule has 0 atom stereocenters. The highest BCUT2D eigenvalue weighted by atomic mass is 16.5. The van der Waals surface area contributed by atoms with Gasteiger partial charge >= 0.3 is 0 Å². The minimum Gasteiger partial charge on any atom is -0.497 e. The minimum absolute atomic E-state index is 0.343. The van der Waals surface area contributed by atoms with Gasteiger partial charge in [0.1, 0.15) is 11.5 Å². The number of benzene rings is 1. The summed E-state index contributed by atoms with van der Waals surface area (Å²) in [7, 11) is 3.21. The Labute approximate surface area is 99.1 Å². The average molecular weight is 234 g/mol. The summed E-state index contributed by atoms with van der Waals surface area (Å²) in [6, 6.07) is 7.26. The van der Waals surface area contributed by atoms with Crippen molar-refractivity contribution in [3.8, 4) is 22.8 Å². The molecule has 5 heteroatoms. The molecule has 0 spiro atoms. The van der Waals surface area contributed by atoms with E-state index in [1.165, 1.54) is 0 Å². The number of rotatable bonds is 4. The minimum atomic E-state index is 0.343. The van der Waals surface area contributed by atoms with Crippen molar-refractivity contribution in [2.45, 2.75) is 6.54 Å². The van der Waals surface area contributed by atoms with E-state index in [2.05, 4.69) is 5.16 Å². The predicted molar refractivity (Wildman–Crippen MR) is 62.9 cm³/mol. The highest BCUT2D eigenvalue weighted by Gasteiger charge is 2.12. The van der Waals surface area contributed by atoms with Crippen molar-refractivity contribution in [2.24, 2.45) is 5.73 Å². The first-order valence-corrected chi connectivity index (χ1v) is 5.16. The Morgan fingerprint density at radius 2 is 2.06 bits per heavy atom. The lowest BCUT2D eigenvalue weighted by Crippen LogP contribution is -1.94. The maximum absolute atomic E-state index is 5.49. The Hall–Kier alpha value is -2.01. The SMILES string of the molecule is COc1ccc(OC)c(-c2cc(CN)no2)c1. The zero-order valence-electron chi connectivity index (χ0n) is 9.77. The van der Waals surface area contributed by atoms with Gasteiger partial charge in [0, 0.05) is 12.6 Å². The predicted octanol–water partition coefficient (Wildman–Crippen LogP) is 1.82. The molecule has 0 saturated heterocycles. The molecule has 1 heterocycles. The van der Waals surface area contributed by atoms with Gasteiger partial charge in [0.2, 0.25) is 0 Å². The standard InChI is InChI=1S/C12H14N2O3/c1-15-9-3-4-11(16-2)10(6-9)12-5-8(7-13)14-17-12/h3-6H,7,13H2,1-2H3. The van der Waals surface area contributed by atoms with Gasteiger partial charge in [-0.1, -0.05) is 5.16 Å². The van der Waals surface area contributed by atoms with Crippen LogP contribution in [0.5, 0.6) is 11.5 Å². The Morgan fingerprint density at radius 1 is 1.24 bits per heavy atom. The largest absolute Gasteiger partial charge is 0.497 e. The van der Waals surface area contributed by atoms with Crippen LogP contribution < -0.4 is 15.2 Å². The van der Waals surface area contributed by atoms with Gasteiger partial charge in [0.15, 0.2) is 5.76 Å². The number of methoxy groups -OCH3 is 2. The first-order valence-electron chi connectivity index (χ1n) is 5.16. The van der Waals surface area contributed by atoms with Crippen molar-refractivity contribution >= 4 is 0 Å². The Kier molecular flexibility index (Phi) is 3.30. The molecule has 5 nitrogen and oxygen atoms in total. The highest BCUT2D eigenvalue weighted by Crippen LogP contribution is 2.33. The first-order chi connectivity index (χ1) is 8.28. The van der Waals surface area contributed by atoms with Crippen molar-refractivity contribution in [3.63, 3.8) is 0 Å². The van der Waals surface area contributed by atoms with Crippen LogP contribution >= 0.6 is 0 Å². The number of hydrogen-bond acceptors (Lipinski definition) is 5. The van der Waals surface area contributed by atoms with Crippen LogP contribution in [0, 0.1) is 0 Å². The van der Waals surface area contributed by atoms with Gasteiger partial charge < -0.3 is 19.7 Å². The monoisotopic (exact) mass is 234 g/mol. The van der Waals surface area contributed by atoms with E-state index in [9.17, 15) is 0 Å². The second kappa shape index (κ2) is 4.88. The van der Waals surface area contributed by atoms with Gasteiger partial charge in [0.25, 0.3) is 0 Å². The molecule has 0 radical (unpaired) electrons. The third-order valence-corrected chi connectivity index (χ3v) is 2.44. The molecule has 1 aromatic carbocycles. The van der Waals surface area contributed by atoms with Gasteiger partial charge in [-0.2, -0.15) is 0 Å². The van der Waals surface area contributed by atoms with Gasteiger partial charge in [-0.05, 0) is 18.2 Å². The summed E-state index contributed by atoms with van der Waals surface area (Å²) in [6.07, 6.45) is 0. The lowest BCUT2D eigenvalue weighted by atomic mass is 10.1. The summed E-state index contributed by atoms with van der Waals surface area (Å²) in [5, 5.41) is 3.85. The maximum Gasteiger partial charge on any atom is 0.171 e. The number of hydrogen-bond donors (Lipinski definition) is 1. The van der Waals surface area contributed by atoms with Crippen molar-refractivity contribution in [1.29, 1.82) is 0 Å². The van der Waals surface area contributed by atoms with Gasteiger partial charge in [-0.3, -0.25) is 0 Å². The zero-order chi connectivity index (χ0) is 12.3. The summed E-state index contributed by atoms with van der Waals surface area (Å²) < 4.78 is 15.7. The number of aromatic nitrogens is 1. The molecule has 0 aliphatic heterocycles. The molecule has 0 unspecified atom stereocenters. The quantitative estimate of drug-likeness (QED) is 0.873. The second-order valence-corrected chi connectivity index (χ2v) is 3.45. The van der Waals surface area contributed by atoms with E-state index in [0.29, 0.717) is 23.7 Å². The second-order valence-electron chi connectivity index (χ2n) is 3.45. The molecular weight excluding hydrogens is 220 g/mol. The Balaban J connectivity index is 2.47. The van der Waals surface area contributed by atoms with E-state index in [1.54, 1.807) is 20.3 Å². The maximum atomic E-state index is 5.49. The van der Waals surface area contributed by atoms with E-state index >= 15 is 0 Å². The zero-order valence-corrected chi connectivity index (χ0v) is 9.77.